The molecule has 0 saturated heterocycles. The predicted molar refractivity (Wildman–Crippen MR) is 67.6 cm³/mol. The maximum Gasteiger partial charge on any atom is 0.329 e. The van der Waals surface area contributed by atoms with Gasteiger partial charge in [-0.1, -0.05) is 12.1 Å². The van der Waals surface area contributed by atoms with Crippen LogP contribution in [0.1, 0.15) is 5.56 Å². The summed E-state index contributed by atoms with van der Waals surface area (Å²) in [7, 11) is 1.41. The third-order valence-electron chi connectivity index (χ3n) is 2.93. The van der Waals surface area contributed by atoms with E-state index in [0.29, 0.717) is 11.0 Å². The van der Waals surface area contributed by atoms with Gasteiger partial charge in [-0.3, -0.25) is 14.3 Å². The lowest BCUT2D eigenvalue weighted by atomic mass is 10.2. The van der Waals surface area contributed by atoms with E-state index in [1.807, 2.05) is 19.1 Å². The van der Waals surface area contributed by atoms with Gasteiger partial charge in [0.15, 0.2) is 11.2 Å². The van der Waals surface area contributed by atoms with Gasteiger partial charge in [-0.25, -0.2) is 14.8 Å². The SMILES string of the molecule is Cc1cccc2nc3[nH]c(=O)n(C)c(=O)c3nc12. The Morgan fingerprint density at radius 1 is 1.17 bits per heavy atom. The van der Waals surface area contributed by atoms with E-state index in [9.17, 15) is 9.59 Å². The summed E-state index contributed by atoms with van der Waals surface area (Å²) in [5.41, 5.74) is 1.75. The highest BCUT2D eigenvalue weighted by Gasteiger charge is 2.09. The van der Waals surface area contributed by atoms with E-state index in [1.165, 1.54) is 7.05 Å². The van der Waals surface area contributed by atoms with Crippen molar-refractivity contribution in [2.75, 3.05) is 0 Å². The van der Waals surface area contributed by atoms with Crippen LogP contribution in [0.4, 0.5) is 0 Å². The Morgan fingerprint density at radius 3 is 2.72 bits per heavy atom. The van der Waals surface area contributed by atoms with Gasteiger partial charge in [0.05, 0.1) is 11.0 Å². The van der Waals surface area contributed by atoms with Gasteiger partial charge in [-0.2, -0.15) is 0 Å². The first-order valence-corrected chi connectivity index (χ1v) is 5.44. The lowest BCUT2D eigenvalue weighted by Crippen LogP contribution is -2.33. The third-order valence-corrected chi connectivity index (χ3v) is 2.93. The Balaban J connectivity index is 2.62. The fourth-order valence-corrected chi connectivity index (χ4v) is 1.89. The number of para-hydroxylation sites is 1. The fourth-order valence-electron chi connectivity index (χ4n) is 1.89. The average Bonchev–Trinajstić information content (AvgIpc) is 2.35. The van der Waals surface area contributed by atoms with E-state index in [4.69, 9.17) is 0 Å². The van der Waals surface area contributed by atoms with Gasteiger partial charge in [-0.05, 0) is 18.6 Å². The summed E-state index contributed by atoms with van der Waals surface area (Å²) < 4.78 is 0.987. The van der Waals surface area contributed by atoms with Crippen LogP contribution < -0.4 is 11.2 Å². The Kier molecular flexibility index (Phi) is 2.07. The van der Waals surface area contributed by atoms with Crippen molar-refractivity contribution in [2.24, 2.45) is 7.05 Å². The van der Waals surface area contributed by atoms with Crippen LogP contribution in [0.15, 0.2) is 27.8 Å². The number of hydrogen-bond donors (Lipinski definition) is 1. The molecule has 3 aromatic rings. The molecule has 6 heteroatoms. The van der Waals surface area contributed by atoms with Crippen LogP contribution in [0.3, 0.4) is 0 Å². The maximum absolute atomic E-state index is 11.9. The summed E-state index contributed by atoms with van der Waals surface area (Å²) in [6, 6.07) is 5.56. The molecule has 0 spiro atoms. The Hall–Kier alpha value is -2.50. The van der Waals surface area contributed by atoms with Gasteiger partial charge in [0.2, 0.25) is 0 Å². The molecule has 3 rings (SSSR count). The van der Waals surface area contributed by atoms with Crippen molar-refractivity contribution in [1.29, 1.82) is 0 Å². The van der Waals surface area contributed by atoms with E-state index < -0.39 is 11.2 Å². The smallest absolute Gasteiger partial charge is 0.290 e. The van der Waals surface area contributed by atoms with Crippen LogP contribution in [0.2, 0.25) is 0 Å². The van der Waals surface area contributed by atoms with E-state index >= 15 is 0 Å². The summed E-state index contributed by atoms with van der Waals surface area (Å²) in [5, 5.41) is 0. The summed E-state index contributed by atoms with van der Waals surface area (Å²) >= 11 is 0. The number of rotatable bonds is 0. The molecule has 6 nitrogen and oxygen atoms in total. The van der Waals surface area contributed by atoms with Crippen LogP contribution >= 0.6 is 0 Å². The van der Waals surface area contributed by atoms with E-state index in [2.05, 4.69) is 15.0 Å². The van der Waals surface area contributed by atoms with Crippen LogP contribution in [0.5, 0.6) is 0 Å². The molecule has 18 heavy (non-hydrogen) atoms. The van der Waals surface area contributed by atoms with Gasteiger partial charge < -0.3 is 0 Å². The molecule has 0 atom stereocenters. The normalized spacial score (nSPS) is 11.2. The second kappa shape index (κ2) is 3.49. The number of nitrogens with zero attached hydrogens (tertiary/aromatic N) is 3. The lowest BCUT2D eigenvalue weighted by Gasteiger charge is -2.03. The number of nitrogens with one attached hydrogen (secondary N) is 1. The van der Waals surface area contributed by atoms with E-state index in [-0.39, 0.29) is 11.2 Å². The van der Waals surface area contributed by atoms with Gasteiger partial charge >= 0.3 is 5.69 Å². The summed E-state index contributed by atoms with van der Waals surface area (Å²) in [5.74, 6) is 0. The Morgan fingerprint density at radius 2 is 1.94 bits per heavy atom. The largest absolute Gasteiger partial charge is 0.329 e. The van der Waals surface area contributed by atoms with Crippen molar-refractivity contribution < 1.29 is 0 Å². The minimum absolute atomic E-state index is 0.180. The molecule has 2 heterocycles. The molecule has 0 radical (unpaired) electrons. The predicted octanol–water partition coefficient (Wildman–Crippen LogP) is 0.478. The van der Waals surface area contributed by atoms with Crippen LogP contribution in [-0.4, -0.2) is 19.5 Å². The van der Waals surface area contributed by atoms with Crippen molar-refractivity contribution in [1.82, 2.24) is 19.5 Å². The van der Waals surface area contributed by atoms with Crippen molar-refractivity contribution in [2.45, 2.75) is 6.92 Å². The van der Waals surface area contributed by atoms with E-state index in [1.54, 1.807) is 6.07 Å². The molecular formula is C12H10N4O2. The summed E-state index contributed by atoms with van der Waals surface area (Å²) in [6.45, 7) is 1.90. The number of aromatic amines is 1. The quantitative estimate of drug-likeness (QED) is 0.581. The Labute approximate surface area is 101 Å². The molecular weight excluding hydrogens is 232 g/mol. The van der Waals surface area contributed by atoms with Crippen molar-refractivity contribution >= 4 is 22.2 Å². The monoisotopic (exact) mass is 242 g/mol. The minimum atomic E-state index is -0.492. The van der Waals surface area contributed by atoms with Crippen molar-refractivity contribution in [3.05, 3.63) is 44.6 Å². The molecule has 1 aromatic carbocycles. The zero-order valence-corrected chi connectivity index (χ0v) is 9.89. The molecule has 0 amide bonds. The molecule has 1 N–H and O–H groups in total. The number of H-pyrrole nitrogens is 1. The first-order valence-electron chi connectivity index (χ1n) is 5.44. The number of fused-ring (bicyclic) bond motifs is 2. The highest BCUT2D eigenvalue weighted by atomic mass is 16.2. The Bertz CT molecular complexity index is 892. The van der Waals surface area contributed by atoms with Crippen LogP contribution in [0, 0.1) is 6.92 Å². The molecule has 0 unspecified atom stereocenters. The molecule has 0 bridgehead atoms. The molecule has 0 aliphatic heterocycles. The second-order valence-electron chi connectivity index (χ2n) is 4.16. The van der Waals surface area contributed by atoms with Crippen molar-refractivity contribution in [3.8, 4) is 0 Å². The zero-order chi connectivity index (χ0) is 12.9. The molecule has 0 aliphatic carbocycles. The molecule has 90 valence electrons. The fraction of sp³-hybridized carbons (Fsp3) is 0.167. The molecule has 2 aromatic heterocycles. The molecule has 0 saturated carbocycles. The summed E-state index contributed by atoms with van der Waals surface area (Å²) in [4.78, 5) is 34.6. The zero-order valence-electron chi connectivity index (χ0n) is 9.89. The maximum atomic E-state index is 11.9. The highest BCUT2D eigenvalue weighted by molar-refractivity contribution is 5.85. The van der Waals surface area contributed by atoms with Gasteiger partial charge in [-0.15, -0.1) is 0 Å². The summed E-state index contributed by atoms with van der Waals surface area (Å²) in [6.07, 6.45) is 0. The number of hydrogen-bond acceptors (Lipinski definition) is 4. The standard InChI is InChI=1S/C12H10N4O2/c1-6-4-3-5-7-8(6)14-9-10(13-7)15-12(18)16(2)11(9)17/h3-5H,1-2H3,(H,13,15,18). The molecule has 0 aliphatic rings. The first-order chi connectivity index (χ1) is 8.58. The highest BCUT2D eigenvalue weighted by Crippen LogP contribution is 2.15. The van der Waals surface area contributed by atoms with Gasteiger partial charge in [0.25, 0.3) is 5.56 Å². The van der Waals surface area contributed by atoms with E-state index in [0.717, 1.165) is 10.1 Å². The lowest BCUT2D eigenvalue weighted by molar-refractivity contribution is 0.788. The average molecular weight is 242 g/mol. The third kappa shape index (κ3) is 1.35. The second-order valence-corrected chi connectivity index (χ2v) is 4.16. The first kappa shape index (κ1) is 10.6. The topological polar surface area (TPSA) is 80.6 Å². The van der Waals surface area contributed by atoms with Gasteiger partial charge in [0.1, 0.15) is 0 Å². The van der Waals surface area contributed by atoms with Gasteiger partial charge in [0, 0.05) is 7.05 Å². The minimum Gasteiger partial charge on any atom is -0.290 e. The number of aromatic nitrogens is 4. The van der Waals surface area contributed by atoms with Crippen molar-refractivity contribution in [3.63, 3.8) is 0 Å². The number of aryl methyl sites for hydroxylation is 1. The molecule has 0 fully saturated rings. The van der Waals surface area contributed by atoms with Crippen LogP contribution in [-0.2, 0) is 7.05 Å². The number of benzene rings is 1. The van der Waals surface area contributed by atoms with Crippen LogP contribution in [0.25, 0.3) is 22.2 Å².